The third kappa shape index (κ3) is 4.26. The number of amides is 3. The molecule has 158 valence electrons. The summed E-state index contributed by atoms with van der Waals surface area (Å²) in [6.45, 7) is 0.380. The Labute approximate surface area is 180 Å². The van der Waals surface area contributed by atoms with Crippen LogP contribution in [0.2, 0.25) is 4.34 Å². The number of aliphatic hydroxyl groups is 1. The summed E-state index contributed by atoms with van der Waals surface area (Å²) in [6, 6.07) is 9.90. The molecule has 1 aromatic carbocycles. The molecular formula is C19H18ClN3O6S. The molecule has 2 atom stereocenters. The smallest absolute Gasteiger partial charge is 0.414 e. The Balaban J connectivity index is 1.37. The minimum atomic E-state index is -1.06. The second-order valence-corrected chi connectivity index (χ2v) is 8.42. The molecule has 0 spiro atoms. The van der Waals surface area contributed by atoms with E-state index in [0.717, 1.165) is 0 Å². The van der Waals surface area contributed by atoms with Crippen LogP contribution in [0, 0.1) is 0 Å². The summed E-state index contributed by atoms with van der Waals surface area (Å²) >= 11 is 7.01. The van der Waals surface area contributed by atoms with Crippen LogP contribution in [-0.2, 0) is 14.3 Å². The fourth-order valence-electron chi connectivity index (χ4n) is 3.24. The van der Waals surface area contributed by atoms with Crippen LogP contribution in [0.4, 0.5) is 16.2 Å². The van der Waals surface area contributed by atoms with Gasteiger partial charge in [0.1, 0.15) is 12.7 Å². The Morgan fingerprint density at radius 1 is 1.20 bits per heavy atom. The molecule has 2 aliphatic rings. The summed E-state index contributed by atoms with van der Waals surface area (Å²) in [5.41, 5.74) is 1.09. The van der Waals surface area contributed by atoms with E-state index in [1.807, 2.05) is 0 Å². The highest BCUT2D eigenvalue weighted by molar-refractivity contribution is 7.18. The molecule has 0 saturated carbocycles. The number of benzene rings is 1. The van der Waals surface area contributed by atoms with E-state index < -0.39 is 18.4 Å². The highest BCUT2D eigenvalue weighted by Gasteiger charge is 2.33. The first kappa shape index (κ1) is 20.6. The van der Waals surface area contributed by atoms with Gasteiger partial charge in [-0.25, -0.2) is 4.79 Å². The van der Waals surface area contributed by atoms with Crippen LogP contribution in [0.3, 0.4) is 0 Å². The third-order valence-corrected chi connectivity index (χ3v) is 5.89. The zero-order chi connectivity index (χ0) is 21.3. The lowest BCUT2D eigenvalue weighted by Crippen LogP contribution is -2.49. The van der Waals surface area contributed by atoms with Gasteiger partial charge in [0, 0.05) is 11.4 Å². The van der Waals surface area contributed by atoms with E-state index in [9.17, 15) is 19.5 Å². The number of carbonyl (C=O) groups is 3. The maximum absolute atomic E-state index is 12.2. The highest BCUT2D eigenvalue weighted by Crippen LogP contribution is 2.27. The molecule has 2 N–H and O–H groups in total. The third-order valence-electron chi connectivity index (χ3n) is 4.66. The van der Waals surface area contributed by atoms with Gasteiger partial charge in [0.25, 0.3) is 11.8 Å². The predicted octanol–water partition coefficient (Wildman–Crippen LogP) is 1.84. The van der Waals surface area contributed by atoms with Crippen LogP contribution in [0.15, 0.2) is 36.4 Å². The molecule has 2 saturated heterocycles. The van der Waals surface area contributed by atoms with Gasteiger partial charge in [-0.15, -0.1) is 11.3 Å². The zero-order valence-corrected chi connectivity index (χ0v) is 17.2. The topological polar surface area (TPSA) is 108 Å². The molecule has 3 heterocycles. The maximum atomic E-state index is 12.2. The molecule has 11 heteroatoms. The number of halogens is 1. The fraction of sp³-hybridized carbons (Fsp3) is 0.316. The quantitative estimate of drug-likeness (QED) is 0.718. The van der Waals surface area contributed by atoms with Crippen LogP contribution in [-0.4, -0.2) is 61.6 Å². The normalized spacial score (nSPS) is 21.7. The van der Waals surface area contributed by atoms with Crippen molar-refractivity contribution in [3.63, 3.8) is 0 Å². The number of nitrogens with zero attached hydrogens (tertiary/aromatic N) is 2. The van der Waals surface area contributed by atoms with E-state index in [4.69, 9.17) is 21.1 Å². The SMILES string of the molecule is O=C(NC[C@@H]1CN(c2ccc(N3C(=O)COC[C@@H]3O)cc2)C(=O)O1)c1ccc(Cl)s1. The van der Waals surface area contributed by atoms with Crippen molar-refractivity contribution in [3.8, 4) is 0 Å². The number of nitrogens with one attached hydrogen (secondary N) is 1. The van der Waals surface area contributed by atoms with Crippen molar-refractivity contribution < 1.29 is 29.0 Å². The van der Waals surface area contributed by atoms with Gasteiger partial charge in [0.2, 0.25) is 0 Å². The predicted molar refractivity (Wildman–Crippen MR) is 110 cm³/mol. The first-order valence-corrected chi connectivity index (χ1v) is 10.3. The van der Waals surface area contributed by atoms with E-state index >= 15 is 0 Å². The molecule has 2 fully saturated rings. The minimum absolute atomic E-state index is 0.0387. The zero-order valence-electron chi connectivity index (χ0n) is 15.6. The minimum Gasteiger partial charge on any atom is -0.442 e. The van der Waals surface area contributed by atoms with E-state index in [0.29, 0.717) is 20.6 Å². The van der Waals surface area contributed by atoms with Gasteiger partial charge in [0.05, 0.1) is 28.9 Å². The standard InChI is InChI=1S/C19H18ClN3O6S/c20-15-6-5-14(30-15)18(26)21-7-13-8-22(19(27)29-13)11-1-3-12(4-2-11)23-16(24)9-28-10-17(23)25/h1-6,13,16,24H,7-10H2,(H,21,26)/t13-,16+/m1/s1. The largest absolute Gasteiger partial charge is 0.442 e. The van der Waals surface area contributed by atoms with Crippen LogP contribution >= 0.6 is 22.9 Å². The van der Waals surface area contributed by atoms with Gasteiger partial charge in [-0.3, -0.25) is 19.4 Å². The molecule has 4 rings (SSSR count). The van der Waals surface area contributed by atoms with Gasteiger partial charge >= 0.3 is 6.09 Å². The summed E-state index contributed by atoms with van der Waals surface area (Å²) in [4.78, 5) is 39.5. The van der Waals surface area contributed by atoms with Crippen molar-refractivity contribution in [3.05, 3.63) is 45.6 Å². The number of aliphatic hydroxyl groups excluding tert-OH is 1. The average molecular weight is 452 g/mol. The number of thiophene rings is 1. The Morgan fingerprint density at radius 2 is 1.93 bits per heavy atom. The lowest BCUT2D eigenvalue weighted by Gasteiger charge is -2.32. The first-order chi connectivity index (χ1) is 14.4. The van der Waals surface area contributed by atoms with Crippen molar-refractivity contribution in [1.82, 2.24) is 5.32 Å². The van der Waals surface area contributed by atoms with Crippen LogP contribution in [0.5, 0.6) is 0 Å². The lowest BCUT2D eigenvalue weighted by atomic mass is 10.2. The van der Waals surface area contributed by atoms with Gasteiger partial charge in [-0.05, 0) is 36.4 Å². The second kappa shape index (κ2) is 8.60. The fourth-order valence-corrected chi connectivity index (χ4v) is 4.20. The van der Waals surface area contributed by atoms with Crippen molar-refractivity contribution in [2.75, 3.05) is 36.1 Å². The number of anilines is 2. The summed E-state index contributed by atoms with van der Waals surface area (Å²) < 4.78 is 10.9. The average Bonchev–Trinajstić information content (AvgIpc) is 3.32. The van der Waals surface area contributed by atoms with Crippen molar-refractivity contribution in [2.24, 2.45) is 0 Å². The molecule has 9 nitrogen and oxygen atoms in total. The van der Waals surface area contributed by atoms with E-state index in [-0.39, 0.29) is 38.1 Å². The Kier molecular flexibility index (Phi) is 5.91. The number of hydrogen-bond donors (Lipinski definition) is 2. The number of morpholine rings is 1. The van der Waals surface area contributed by atoms with Crippen molar-refractivity contribution in [1.29, 1.82) is 0 Å². The number of cyclic esters (lactones) is 1. The summed E-state index contributed by atoms with van der Waals surface area (Å²) in [5.74, 6) is -0.621. The highest BCUT2D eigenvalue weighted by atomic mass is 35.5. The molecule has 1 aromatic heterocycles. The van der Waals surface area contributed by atoms with Crippen LogP contribution < -0.4 is 15.1 Å². The Bertz CT molecular complexity index is 965. The summed E-state index contributed by atoms with van der Waals surface area (Å²) in [6.07, 6.45) is -2.08. The van der Waals surface area contributed by atoms with E-state index in [1.54, 1.807) is 36.4 Å². The molecule has 0 radical (unpaired) electrons. The van der Waals surface area contributed by atoms with Crippen LogP contribution in [0.25, 0.3) is 0 Å². The van der Waals surface area contributed by atoms with Gasteiger partial charge < -0.3 is 19.9 Å². The van der Waals surface area contributed by atoms with Crippen molar-refractivity contribution in [2.45, 2.75) is 12.3 Å². The van der Waals surface area contributed by atoms with Gasteiger partial charge in [0.15, 0.2) is 6.23 Å². The first-order valence-electron chi connectivity index (χ1n) is 9.12. The Morgan fingerprint density at radius 3 is 2.60 bits per heavy atom. The molecule has 0 aliphatic carbocycles. The molecule has 3 amide bonds. The molecule has 30 heavy (non-hydrogen) atoms. The maximum Gasteiger partial charge on any atom is 0.414 e. The lowest BCUT2D eigenvalue weighted by molar-refractivity contribution is -0.132. The van der Waals surface area contributed by atoms with Gasteiger partial charge in [-0.1, -0.05) is 11.6 Å². The number of hydrogen-bond acceptors (Lipinski definition) is 7. The molecule has 2 aliphatic heterocycles. The van der Waals surface area contributed by atoms with Gasteiger partial charge in [-0.2, -0.15) is 0 Å². The molecule has 0 bridgehead atoms. The monoisotopic (exact) mass is 451 g/mol. The molecular weight excluding hydrogens is 434 g/mol. The number of rotatable bonds is 5. The molecule has 0 unspecified atom stereocenters. The summed E-state index contributed by atoms with van der Waals surface area (Å²) in [7, 11) is 0. The number of carbonyl (C=O) groups excluding carboxylic acids is 3. The van der Waals surface area contributed by atoms with E-state index in [1.165, 1.54) is 21.1 Å². The van der Waals surface area contributed by atoms with Crippen LogP contribution in [0.1, 0.15) is 9.67 Å². The number of ether oxygens (including phenoxy) is 2. The second-order valence-electron chi connectivity index (χ2n) is 6.71. The Hall–Kier alpha value is -2.66. The van der Waals surface area contributed by atoms with E-state index in [2.05, 4.69) is 5.32 Å². The van der Waals surface area contributed by atoms with Crippen molar-refractivity contribution >= 4 is 52.2 Å². The summed E-state index contributed by atoms with van der Waals surface area (Å²) in [5, 5.41) is 12.7. The molecule has 2 aromatic rings.